The van der Waals surface area contributed by atoms with E-state index in [2.05, 4.69) is 22.4 Å². The molecule has 1 unspecified atom stereocenters. The first kappa shape index (κ1) is 10.6. The van der Waals surface area contributed by atoms with E-state index in [1.807, 2.05) is 0 Å². The Bertz CT molecular complexity index is 292. The number of aryl methyl sites for hydroxylation is 2. The molecule has 4 nitrogen and oxygen atoms in total. The fraction of sp³-hybridized carbons (Fsp3) is 0.818. The zero-order valence-corrected chi connectivity index (χ0v) is 9.33. The summed E-state index contributed by atoms with van der Waals surface area (Å²) in [7, 11) is 0. The Kier molecular flexibility index (Phi) is 3.72. The largest absolute Gasteiger partial charge is 0.339 e. The predicted molar refractivity (Wildman–Crippen MR) is 57.6 cm³/mol. The van der Waals surface area contributed by atoms with Crippen molar-refractivity contribution in [2.75, 3.05) is 13.1 Å². The summed E-state index contributed by atoms with van der Waals surface area (Å²) in [6, 6.07) is 0. The van der Waals surface area contributed by atoms with Gasteiger partial charge in [-0.3, -0.25) is 0 Å². The molecule has 1 aromatic heterocycles. The highest BCUT2D eigenvalue weighted by molar-refractivity contribution is 4.87. The number of nitrogens with zero attached hydrogens (tertiary/aromatic N) is 2. The van der Waals surface area contributed by atoms with Crippen LogP contribution in [0, 0.1) is 5.92 Å². The van der Waals surface area contributed by atoms with E-state index in [-0.39, 0.29) is 0 Å². The van der Waals surface area contributed by atoms with Gasteiger partial charge in [0, 0.05) is 12.8 Å². The van der Waals surface area contributed by atoms with Gasteiger partial charge in [-0.25, -0.2) is 0 Å². The SMILES string of the molecule is CCCc1noc(CCC2CCNC2)n1. The fourth-order valence-corrected chi connectivity index (χ4v) is 2.01. The van der Waals surface area contributed by atoms with Crippen LogP contribution in [-0.4, -0.2) is 23.2 Å². The van der Waals surface area contributed by atoms with Crippen molar-refractivity contribution in [2.45, 2.75) is 39.0 Å². The third kappa shape index (κ3) is 3.02. The molecule has 2 heterocycles. The van der Waals surface area contributed by atoms with Crippen molar-refractivity contribution in [3.05, 3.63) is 11.7 Å². The summed E-state index contributed by atoms with van der Waals surface area (Å²) in [6.07, 6.45) is 5.39. The van der Waals surface area contributed by atoms with E-state index in [9.17, 15) is 0 Å². The Balaban J connectivity index is 1.77. The van der Waals surface area contributed by atoms with Gasteiger partial charge in [-0.05, 0) is 38.3 Å². The molecule has 4 heteroatoms. The summed E-state index contributed by atoms with van der Waals surface area (Å²) in [5.41, 5.74) is 0. The second-order valence-corrected chi connectivity index (χ2v) is 4.25. The summed E-state index contributed by atoms with van der Waals surface area (Å²) in [5.74, 6) is 2.47. The highest BCUT2D eigenvalue weighted by Crippen LogP contribution is 2.15. The van der Waals surface area contributed by atoms with Gasteiger partial charge < -0.3 is 9.84 Å². The summed E-state index contributed by atoms with van der Waals surface area (Å²) in [5, 5.41) is 7.32. The van der Waals surface area contributed by atoms with Gasteiger partial charge in [0.25, 0.3) is 0 Å². The Morgan fingerprint density at radius 1 is 1.47 bits per heavy atom. The maximum Gasteiger partial charge on any atom is 0.226 e. The molecule has 1 fully saturated rings. The molecule has 1 N–H and O–H groups in total. The minimum absolute atomic E-state index is 0.798. The number of nitrogens with one attached hydrogen (secondary N) is 1. The van der Waals surface area contributed by atoms with Gasteiger partial charge in [-0.15, -0.1) is 0 Å². The van der Waals surface area contributed by atoms with Gasteiger partial charge in [-0.2, -0.15) is 4.98 Å². The molecule has 1 aliphatic rings. The van der Waals surface area contributed by atoms with Crippen molar-refractivity contribution >= 4 is 0 Å². The van der Waals surface area contributed by atoms with Crippen molar-refractivity contribution in [3.8, 4) is 0 Å². The minimum Gasteiger partial charge on any atom is -0.339 e. The first-order valence-electron chi connectivity index (χ1n) is 5.90. The van der Waals surface area contributed by atoms with Gasteiger partial charge in [0.05, 0.1) is 0 Å². The van der Waals surface area contributed by atoms with Crippen LogP contribution >= 0.6 is 0 Å². The average Bonchev–Trinajstić information content (AvgIpc) is 2.85. The quantitative estimate of drug-likeness (QED) is 0.799. The van der Waals surface area contributed by atoms with E-state index in [1.54, 1.807) is 0 Å². The first-order chi connectivity index (χ1) is 7.38. The van der Waals surface area contributed by atoms with Gasteiger partial charge in [0.2, 0.25) is 5.89 Å². The Labute approximate surface area is 90.4 Å². The normalized spacial score (nSPS) is 21.0. The Morgan fingerprint density at radius 3 is 3.13 bits per heavy atom. The van der Waals surface area contributed by atoms with Gasteiger partial charge >= 0.3 is 0 Å². The predicted octanol–water partition coefficient (Wildman–Crippen LogP) is 1.56. The van der Waals surface area contributed by atoms with Crippen LogP contribution in [0.3, 0.4) is 0 Å². The topological polar surface area (TPSA) is 51.0 Å². The Hall–Kier alpha value is -0.900. The second kappa shape index (κ2) is 5.26. The zero-order chi connectivity index (χ0) is 10.5. The first-order valence-corrected chi connectivity index (χ1v) is 5.90. The van der Waals surface area contributed by atoms with Gasteiger partial charge in [0.1, 0.15) is 0 Å². The molecule has 2 rings (SSSR count). The van der Waals surface area contributed by atoms with Crippen LogP contribution in [0.1, 0.15) is 37.9 Å². The van der Waals surface area contributed by atoms with Crippen LogP contribution in [0.2, 0.25) is 0 Å². The molecule has 0 saturated carbocycles. The summed E-state index contributed by atoms with van der Waals surface area (Å²) in [6.45, 7) is 4.44. The second-order valence-electron chi connectivity index (χ2n) is 4.25. The van der Waals surface area contributed by atoms with E-state index in [1.165, 1.54) is 12.8 Å². The van der Waals surface area contributed by atoms with E-state index in [0.29, 0.717) is 0 Å². The van der Waals surface area contributed by atoms with Crippen molar-refractivity contribution in [2.24, 2.45) is 5.92 Å². The minimum atomic E-state index is 0.798. The van der Waals surface area contributed by atoms with Crippen LogP contribution < -0.4 is 5.32 Å². The summed E-state index contributed by atoms with van der Waals surface area (Å²) in [4.78, 5) is 4.36. The lowest BCUT2D eigenvalue weighted by Gasteiger charge is -2.03. The van der Waals surface area contributed by atoms with Crippen LogP contribution in [0.4, 0.5) is 0 Å². The number of hydrogen-bond acceptors (Lipinski definition) is 4. The number of rotatable bonds is 5. The molecule has 84 valence electrons. The van der Waals surface area contributed by atoms with E-state index >= 15 is 0 Å². The molecule has 15 heavy (non-hydrogen) atoms. The van der Waals surface area contributed by atoms with E-state index < -0.39 is 0 Å². The van der Waals surface area contributed by atoms with Crippen LogP contribution in [-0.2, 0) is 12.8 Å². The third-order valence-corrected chi connectivity index (χ3v) is 2.91. The average molecular weight is 209 g/mol. The lowest BCUT2D eigenvalue weighted by molar-refractivity contribution is 0.360. The molecule has 1 aliphatic heterocycles. The monoisotopic (exact) mass is 209 g/mol. The van der Waals surface area contributed by atoms with Crippen LogP contribution in [0.25, 0.3) is 0 Å². The molecule has 0 radical (unpaired) electrons. The standard InChI is InChI=1S/C11H19N3O/c1-2-3-10-13-11(15-14-10)5-4-9-6-7-12-8-9/h9,12H,2-8H2,1H3. The maximum absolute atomic E-state index is 5.20. The van der Waals surface area contributed by atoms with Gasteiger partial charge in [-0.1, -0.05) is 12.1 Å². The molecule has 0 aromatic carbocycles. The fourth-order valence-electron chi connectivity index (χ4n) is 2.01. The van der Waals surface area contributed by atoms with Crippen LogP contribution in [0.5, 0.6) is 0 Å². The molecular weight excluding hydrogens is 190 g/mol. The molecular formula is C11H19N3O. The lowest BCUT2D eigenvalue weighted by atomic mass is 10.0. The molecule has 0 aliphatic carbocycles. The third-order valence-electron chi connectivity index (χ3n) is 2.91. The number of hydrogen-bond donors (Lipinski definition) is 1. The van der Waals surface area contributed by atoms with Gasteiger partial charge in [0.15, 0.2) is 5.82 Å². The van der Waals surface area contributed by atoms with Crippen molar-refractivity contribution in [3.63, 3.8) is 0 Å². The van der Waals surface area contributed by atoms with Crippen molar-refractivity contribution < 1.29 is 4.52 Å². The molecule has 0 amide bonds. The summed E-state index contributed by atoms with van der Waals surface area (Å²) < 4.78 is 5.20. The van der Waals surface area contributed by atoms with E-state index in [4.69, 9.17) is 4.52 Å². The van der Waals surface area contributed by atoms with Crippen LogP contribution in [0.15, 0.2) is 4.52 Å². The molecule has 1 saturated heterocycles. The molecule has 1 atom stereocenters. The van der Waals surface area contributed by atoms with Crippen molar-refractivity contribution in [1.29, 1.82) is 0 Å². The highest BCUT2D eigenvalue weighted by atomic mass is 16.5. The smallest absolute Gasteiger partial charge is 0.226 e. The van der Waals surface area contributed by atoms with Crippen molar-refractivity contribution in [1.82, 2.24) is 15.5 Å². The molecule has 0 bridgehead atoms. The highest BCUT2D eigenvalue weighted by Gasteiger charge is 2.15. The molecule has 0 spiro atoms. The lowest BCUT2D eigenvalue weighted by Crippen LogP contribution is -2.09. The zero-order valence-electron chi connectivity index (χ0n) is 9.33. The number of aromatic nitrogens is 2. The van der Waals surface area contributed by atoms with E-state index in [0.717, 1.165) is 50.0 Å². The Morgan fingerprint density at radius 2 is 2.40 bits per heavy atom. The maximum atomic E-state index is 5.20. The molecule has 1 aromatic rings. The summed E-state index contributed by atoms with van der Waals surface area (Å²) >= 11 is 0.